The molecule has 1 aromatic heterocycles. The molecule has 6 nitrogen and oxygen atoms in total. The molecular formula is C19H20ClF3N4O2S. The number of rotatable bonds is 4. The van der Waals surface area contributed by atoms with E-state index in [9.17, 15) is 21.6 Å². The maximum absolute atomic E-state index is 15.0. The molecule has 4 rings (SSSR count). The molecule has 0 saturated carbocycles. The Morgan fingerprint density at radius 3 is 2.63 bits per heavy atom. The summed E-state index contributed by atoms with van der Waals surface area (Å²) in [4.78, 5) is 6.16. The highest BCUT2D eigenvalue weighted by Gasteiger charge is 2.45. The summed E-state index contributed by atoms with van der Waals surface area (Å²) in [5.74, 6) is -4.02. The second-order valence-corrected chi connectivity index (χ2v) is 9.70. The molecule has 2 aliphatic rings. The number of anilines is 2. The highest BCUT2D eigenvalue weighted by molar-refractivity contribution is 7.92. The van der Waals surface area contributed by atoms with Crippen LogP contribution in [-0.2, 0) is 10.0 Å². The number of hydrogen-bond acceptors (Lipinski definition) is 5. The molecule has 0 aliphatic carbocycles. The minimum Gasteiger partial charge on any atom is -0.368 e. The van der Waals surface area contributed by atoms with Crippen LogP contribution in [0.25, 0.3) is 0 Å². The Kier molecular flexibility index (Phi) is 5.36. The minimum absolute atomic E-state index is 0.0639. The number of nitrogens with zero attached hydrogens (tertiary/aromatic N) is 3. The van der Waals surface area contributed by atoms with Crippen molar-refractivity contribution in [3.8, 4) is 0 Å². The van der Waals surface area contributed by atoms with Crippen LogP contribution >= 0.6 is 11.6 Å². The maximum Gasteiger partial charge on any atom is 0.268 e. The molecule has 1 aromatic carbocycles. The van der Waals surface area contributed by atoms with Crippen molar-refractivity contribution < 1.29 is 21.6 Å². The standard InChI is InChI=1S/C19H20ClF3N4O2S/c1-26-8-3-6-19(26)7-9-27(11-19)13-10-12(21)18(17(23)16(13)20)30(28,29)25-15-5-2-4-14(22)24-15/h2,4-5,10H,3,6-9,11H2,1H3,(H,24,25)/t19-/m0/s1. The zero-order valence-electron chi connectivity index (χ0n) is 16.1. The van der Waals surface area contributed by atoms with Gasteiger partial charge < -0.3 is 4.90 Å². The fourth-order valence-corrected chi connectivity index (χ4v) is 5.82. The van der Waals surface area contributed by atoms with E-state index < -0.39 is 43.3 Å². The number of halogens is 4. The molecule has 2 aliphatic heterocycles. The van der Waals surface area contributed by atoms with Crippen LogP contribution in [0.1, 0.15) is 19.3 Å². The van der Waals surface area contributed by atoms with Crippen LogP contribution in [0.15, 0.2) is 29.2 Å². The average molecular weight is 461 g/mol. The van der Waals surface area contributed by atoms with Crippen LogP contribution in [0.2, 0.25) is 5.02 Å². The lowest BCUT2D eigenvalue weighted by Crippen LogP contribution is -2.43. The largest absolute Gasteiger partial charge is 0.368 e. The van der Waals surface area contributed by atoms with Crippen LogP contribution in [0.4, 0.5) is 24.7 Å². The number of sulfonamides is 1. The Labute approximate surface area is 177 Å². The van der Waals surface area contributed by atoms with Crippen molar-refractivity contribution in [1.82, 2.24) is 9.88 Å². The third-order valence-electron chi connectivity index (χ3n) is 5.94. The fraction of sp³-hybridized carbons (Fsp3) is 0.421. The molecule has 0 radical (unpaired) electrons. The number of likely N-dealkylation sites (tertiary alicyclic amines) is 1. The highest BCUT2D eigenvalue weighted by atomic mass is 35.5. The van der Waals surface area contributed by atoms with Crippen molar-refractivity contribution in [3.05, 3.63) is 46.9 Å². The Hall–Kier alpha value is -2.04. The predicted octanol–water partition coefficient (Wildman–Crippen LogP) is 3.63. The van der Waals surface area contributed by atoms with Gasteiger partial charge in [0.05, 0.1) is 5.69 Å². The van der Waals surface area contributed by atoms with Crippen molar-refractivity contribution in [2.24, 2.45) is 0 Å². The third-order valence-corrected chi connectivity index (χ3v) is 7.69. The zero-order valence-corrected chi connectivity index (χ0v) is 17.7. The molecule has 3 heterocycles. The first-order valence-electron chi connectivity index (χ1n) is 9.42. The molecule has 0 unspecified atom stereocenters. The molecule has 162 valence electrons. The van der Waals surface area contributed by atoms with Gasteiger partial charge >= 0.3 is 0 Å². The third kappa shape index (κ3) is 3.61. The first-order chi connectivity index (χ1) is 14.1. The van der Waals surface area contributed by atoms with Crippen LogP contribution in [-0.4, -0.2) is 50.5 Å². The van der Waals surface area contributed by atoms with Gasteiger partial charge in [-0.25, -0.2) is 22.2 Å². The predicted molar refractivity (Wildman–Crippen MR) is 108 cm³/mol. The van der Waals surface area contributed by atoms with Gasteiger partial charge in [-0.1, -0.05) is 17.7 Å². The Bertz CT molecular complexity index is 1100. The molecule has 11 heteroatoms. The van der Waals surface area contributed by atoms with Gasteiger partial charge in [-0.15, -0.1) is 0 Å². The first-order valence-corrected chi connectivity index (χ1v) is 11.3. The summed E-state index contributed by atoms with van der Waals surface area (Å²) in [6, 6.07) is 4.32. The SMILES string of the molecule is CN1CCC[C@@]12CCN(c1cc(F)c(S(=O)(=O)Nc3cccc(F)n3)c(F)c1Cl)C2. The summed E-state index contributed by atoms with van der Waals surface area (Å²) < 4.78 is 70.0. The maximum atomic E-state index is 15.0. The molecule has 1 spiro atoms. The van der Waals surface area contributed by atoms with Crippen molar-refractivity contribution in [3.63, 3.8) is 0 Å². The monoisotopic (exact) mass is 460 g/mol. The van der Waals surface area contributed by atoms with Crippen molar-refractivity contribution >= 4 is 33.1 Å². The number of aromatic nitrogens is 1. The van der Waals surface area contributed by atoms with E-state index in [0.29, 0.717) is 13.1 Å². The highest BCUT2D eigenvalue weighted by Crippen LogP contribution is 2.42. The van der Waals surface area contributed by atoms with Gasteiger partial charge in [0, 0.05) is 24.7 Å². The number of likely N-dealkylation sites (N-methyl/N-ethyl adjacent to an activating group) is 1. The van der Waals surface area contributed by atoms with Crippen LogP contribution in [0.3, 0.4) is 0 Å². The topological polar surface area (TPSA) is 65.5 Å². The summed E-state index contributed by atoms with van der Waals surface area (Å²) in [5, 5.41) is -0.471. The second kappa shape index (κ2) is 7.58. The normalized spacial score (nSPS) is 22.2. The molecule has 1 N–H and O–H groups in total. The summed E-state index contributed by atoms with van der Waals surface area (Å²) in [5.41, 5.74) is 0.0534. The van der Waals surface area contributed by atoms with Crippen LogP contribution in [0.5, 0.6) is 0 Å². The van der Waals surface area contributed by atoms with E-state index in [1.54, 1.807) is 4.90 Å². The lowest BCUT2D eigenvalue weighted by Gasteiger charge is -2.32. The minimum atomic E-state index is -4.73. The fourth-order valence-electron chi connectivity index (χ4n) is 4.35. The van der Waals surface area contributed by atoms with Crippen molar-refractivity contribution in [2.45, 2.75) is 29.7 Å². The van der Waals surface area contributed by atoms with Crippen molar-refractivity contribution in [2.75, 3.05) is 36.3 Å². The molecule has 2 aromatic rings. The molecular weight excluding hydrogens is 441 g/mol. The molecule has 0 bridgehead atoms. The number of nitrogens with one attached hydrogen (secondary N) is 1. The first kappa shape index (κ1) is 21.2. The Morgan fingerprint density at radius 2 is 1.97 bits per heavy atom. The molecule has 0 amide bonds. The lowest BCUT2D eigenvalue weighted by molar-refractivity contribution is 0.198. The number of benzene rings is 1. The second-order valence-electron chi connectivity index (χ2n) is 7.71. The number of hydrogen-bond donors (Lipinski definition) is 1. The van der Waals surface area contributed by atoms with Crippen LogP contribution < -0.4 is 9.62 Å². The quantitative estimate of drug-likeness (QED) is 0.557. The Morgan fingerprint density at radius 1 is 1.20 bits per heavy atom. The van der Waals surface area contributed by atoms with E-state index >= 15 is 0 Å². The number of pyridine rings is 1. The van der Waals surface area contributed by atoms with E-state index in [4.69, 9.17) is 11.6 Å². The Balaban J connectivity index is 1.67. The molecule has 1 atom stereocenters. The van der Waals surface area contributed by atoms with Gasteiger partial charge in [-0.3, -0.25) is 9.62 Å². The average Bonchev–Trinajstić information content (AvgIpc) is 3.25. The molecule has 30 heavy (non-hydrogen) atoms. The van der Waals surface area contributed by atoms with Crippen molar-refractivity contribution in [1.29, 1.82) is 0 Å². The lowest BCUT2D eigenvalue weighted by atomic mass is 9.96. The van der Waals surface area contributed by atoms with Gasteiger partial charge in [0.15, 0.2) is 10.7 Å². The van der Waals surface area contributed by atoms with E-state index in [1.807, 2.05) is 11.8 Å². The summed E-state index contributed by atoms with van der Waals surface area (Å²) in [6.45, 7) is 2.07. The van der Waals surface area contributed by atoms with Gasteiger partial charge in [0.2, 0.25) is 5.95 Å². The summed E-state index contributed by atoms with van der Waals surface area (Å²) in [7, 11) is -2.70. The van der Waals surface area contributed by atoms with Gasteiger partial charge in [-0.05, 0) is 45.0 Å². The van der Waals surface area contributed by atoms with Crippen LogP contribution in [0, 0.1) is 17.6 Å². The van der Waals surface area contributed by atoms with E-state index in [0.717, 1.165) is 44.0 Å². The van der Waals surface area contributed by atoms with Gasteiger partial charge in [-0.2, -0.15) is 4.39 Å². The van der Waals surface area contributed by atoms with Gasteiger partial charge in [0.25, 0.3) is 10.0 Å². The molecule has 2 saturated heterocycles. The summed E-state index contributed by atoms with van der Waals surface area (Å²) in [6.07, 6.45) is 2.87. The smallest absolute Gasteiger partial charge is 0.268 e. The van der Waals surface area contributed by atoms with E-state index in [1.165, 1.54) is 6.07 Å². The van der Waals surface area contributed by atoms with Gasteiger partial charge in [0.1, 0.15) is 16.7 Å². The zero-order chi connectivity index (χ0) is 21.7. The molecule has 2 fully saturated rings. The van der Waals surface area contributed by atoms with E-state index in [-0.39, 0.29) is 11.2 Å². The summed E-state index contributed by atoms with van der Waals surface area (Å²) >= 11 is 6.15. The van der Waals surface area contributed by atoms with E-state index in [2.05, 4.69) is 9.88 Å².